The van der Waals surface area contributed by atoms with Crippen molar-refractivity contribution in [2.45, 2.75) is 6.18 Å². The number of nitrogens with two attached hydrogens (primary N) is 2. The van der Waals surface area contributed by atoms with Crippen LogP contribution in [0.2, 0.25) is 0 Å². The number of alkyl halides is 3. The maximum Gasteiger partial charge on any atom is 0.422 e. The number of primary amides is 1. The molecule has 3 rings (SSSR count). The lowest BCUT2D eigenvalue weighted by Gasteiger charge is -2.09. The van der Waals surface area contributed by atoms with E-state index in [4.69, 9.17) is 16.2 Å². The summed E-state index contributed by atoms with van der Waals surface area (Å²) in [6.45, 7) is -1.47. The molecule has 0 aliphatic carbocycles. The number of carbonyl (C=O) groups is 1. The number of amides is 1. The second-order valence-electron chi connectivity index (χ2n) is 5.59. The van der Waals surface area contributed by atoms with E-state index in [-0.39, 0.29) is 29.1 Å². The molecule has 0 unspecified atom stereocenters. The van der Waals surface area contributed by atoms with Crippen LogP contribution in [0.4, 0.5) is 19.0 Å². The van der Waals surface area contributed by atoms with Gasteiger partial charge in [-0.1, -0.05) is 0 Å². The fourth-order valence-electron chi connectivity index (χ4n) is 2.10. The lowest BCUT2D eigenvalue weighted by atomic mass is 10.2. The molecule has 150 valence electrons. The maximum absolute atomic E-state index is 12.1. The van der Waals surface area contributed by atoms with Crippen molar-refractivity contribution in [1.29, 1.82) is 0 Å². The molecular weight excluding hydrogens is 393 g/mol. The summed E-state index contributed by atoms with van der Waals surface area (Å²) in [6, 6.07) is 7.64. The van der Waals surface area contributed by atoms with Gasteiger partial charge in [0.1, 0.15) is 17.3 Å². The van der Waals surface area contributed by atoms with Crippen molar-refractivity contribution in [1.82, 2.24) is 19.9 Å². The molecule has 2 heterocycles. The molecule has 1 amide bonds. The van der Waals surface area contributed by atoms with Gasteiger partial charge in [0.2, 0.25) is 11.8 Å². The first-order valence-electron chi connectivity index (χ1n) is 7.94. The zero-order valence-electron chi connectivity index (χ0n) is 14.6. The van der Waals surface area contributed by atoms with Gasteiger partial charge in [-0.25, -0.2) is 19.9 Å². The third-order valence-electron chi connectivity index (χ3n) is 3.32. The van der Waals surface area contributed by atoms with Crippen molar-refractivity contribution in [3.8, 4) is 28.9 Å². The van der Waals surface area contributed by atoms with E-state index in [0.29, 0.717) is 11.3 Å². The number of hydrogen-bond acceptors (Lipinski definition) is 8. The number of rotatable bonds is 6. The molecule has 3 aromatic rings. The van der Waals surface area contributed by atoms with Crippen LogP contribution in [-0.2, 0) is 0 Å². The SMILES string of the molecule is NC(=O)c1cc(N)nc(-c2ccc(Oc3cnc(OCC(F)(F)F)cn3)cc2)n1. The largest absolute Gasteiger partial charge is 0.467 e. The molecule has 0 saturated carbocycles. The van der Waals surface area contributed by atoms with E-state index in [1.165, 1.54) is 6.07 Å². The van der Waals surface area contributed by atoms with Crippen LogP contribution in [0, 0.1) is 0 Å². The Kier molecular flexibility index (Phi) is 5.43. The number of hydrogen-bond donors (Lipinski definition) is 2. The van der Waals surface area contributed by atoms with Crippen molar-refractivity contribution in [3.05, 3.63) is 48.4 Å². The Balaban J connectivity index is 1.69. The zero-order valence-corrected chi connectivity index (χ0v) is 14.6. The first-order chi connectivity index (χ1) is 13.7. The Labute approximate surface area is 161 Å². The number of aromatic nitrogens is 4. The molecule has 0 atom stereocenters. The molecule has 0 spiro atoms. The number of anilines is 1. The topological polar surface area (TPSA) is 139 Å². The van der Waals surface area contributed by atoms with Gasteiger partial charge in [0.25, 0.3) is 5.91 Å². The molecule has 4 N–H and O–H groups in total. The van der Waals surface area contributed by atoms with Gasteiger partial charge in [-0.05, 0) is 24.3 Å². The molecule has 0 bridgehead atoms. The lowest BCUT2D eigenvalue weighted by molar-refractivity contribution is -0.154. The van der Waals surface area contributed by atoms with Crippen LogP contribution in [-0.4, -0.2) is 38.6 Å². The molecule has 1 aromatic carbocycles. The van der Waals surface area contributed by atoms with Crippen LogP contribution < -0.4 is 20.9 Å². The molecule has 0 saturated heterocycles. The van der Waals surface area contributed by atoms with Gasteiger partial charge in [-0.15, -0.1) is 0 Å². The molecule has 0 fully saturated rings. The minimum Gasteiger partial charge on any atom is -0.467 e. The van der Waals surface area contributed by atoms with Gasteiger partial charge in [-0.2, -0.15) is 13.2 Å². The van der Waals surface area contributed by atoms with Crippen molar-refractivity contribution in [2.24, 2.45) is 5.73 Å². The predicted octanol–water partition coefficient (Wildman–Crippen LogP) is 2.35. The Hall–Kier alpha value is -3.96. The van der Waals surface area contributed by atoms with E-state index in [1.807, 2.05) is 0 Å². The Bertz CT molecular complexity index is 1010. The van der Waals surface area contributed by atoms with E-state index in [1.54, 1.807) is 24.3 Å². The van der Waals surface area contributed by atoms with E-state index >= 15 is 0 Å². The number of nitrogens with zero attached hydrogens (tertiary/aromatic N) is 4. The fourth-order valence-corrected chi connectivity index (χ4v) is 2.10. The highest BCUT2D eigenvalue weighted by atomic mass is 19.4. The Morgan fingerprint density at radius 2 is 1.69 bits per heavy atom. The number of ether oxygens (including phenoxy) is 2. The number of halogens is 3. The van der Waals surface area contributed by atoms with Crippen molar-refractivity contribution >= 4 is 11.7 Å². The van der Waals surface area contributed by atoms with Crippen LogP contribution in [0.3, 0.4) is 0 Å². The molecule has 2 aromatic heterocycles. The summed E-state index contributed by atoms with van der Waals surface area (Å²) in [5.74, 6) is -0.307. The van der Waals surface area contributed by atoms with Crippen LogP contribution in [0.15, 0.2) is 42.7 Å². The molecular formula is C17H13F3N6O3. The minimum absolute atomic E-state index is 0.0177. The van der Waals surface area contributed by atoms with Crippen LogP contribution >= 0.6 is 0 Å². The summed E-state index contributed by atoms with van der Waals surface area (Å²) < 4.78 is 46.3. The van der Waals surface area contributed by atoms with E-state index in [0.717, 1.165) is 12.4 Å². The first-order valence-corrected chi connectivity index (χ1v) is 7.94. The van der Waals surface area contributed by atoms with Gasteiger partial charge >= 0.3 is 6.18 Å². The van der Waals surface area contributed by atoms with Gasteiger partial charge in [0.05, 0.1) is 12.4 Å². The number of nitrogen functional groups attached to an aromatic ring is 1. The standard InChI is InChI=1S/C17H13F3N6O3/c18-17(19,20)8-28-13-6-24-14(7-23-13)29-10-3-1-9(2-4-10)16-25-11(15(22)27)5-12(21)26-16/h1-7H,8H2,(H2,22,27)(H2,21,25,26). The summed E-state index contributed by atoms with van der Waals surface area (Å²) in [7, 11) is 0. The van der Waals surface area contributed by atoms with E-state index < -0.39 is 18.7 Å². The third kappa shape index (κ3) is 5.51. The lowest BCUT2D eigenvalue weighted by Crippen LogP contribution is -2.19. The molecule has 0 aliphatic rings. The average molecular weight is 406 g/mol. The van der Waals surface area contributed by atoms with Crippen molar-refractivity contribution < 1.29 is 27.4 Å². The van der Waals surface area contributed by atoms with Crippen LogP contribution in [0.1, 0.15) is 10.5 Å². The summed E-state index contributed by atoms with van der Waals surface area (Å²) in [5.41, 5.74) is 11.4. The van der Waals surface area contributed by atoms with Crippen molar-refractivity contribution in [3.63, 3.8) is 0 Å². The molecule has 0 aliphatic heterocycles. The average Bonchev–Trinajstić information content (AvgIpc) is 2.67. The van der Waals surface area contributed by atoms with E-state index in [2.05, 4.69) is 24.7 Å². The summed E-state index contributed by atoms with van der Waals surface area (Å²) in [5, 5.41) is 0. The molecule has 0 radical (unpaired) electrons. The predicted molar refractivity (Wildman–Crippen MR) is 94.1 cm³/mol. The second-order valence-corrected chi connectivity index (χ2v) is 5.59. The maximum atomic E-state index is 12.1. The zero-order chi connectivity index (χ0) is 21.0. The highest BCUT2D eigenvalue weighted by molar-refractivity contribution is 5.91. The summed E-state index contributed by atoms with van der Waals surface area (Å²) in [4.78, 5) is 26.9. The smallest absolute Gasteiger partial charge is 0.422 e. The fraction of sp³-hybridized carbons (Fsp3) is 0.118. The highest BCUT2D eigenvalue weighted by Gasteiger charge is 2.28. The van der Waals surface area contributed by atoms with Gasteiger partial charge in [0.15, 0.2) is 12.4 Å². The summed E-state index contributed by atoms with van der Waals surface area (Å²) >= 11 is 0. The van der Waals surface area contributed by atoms with Gasteiger partial charge in [-0.3, -0.25) is 4.79 Å². The quantitative estimate of drug-likeness (QED) is 0.636. The molecule has 12 heteroatoms. The monoisotopic (exact) mass is 406 g/mol. The summed E-state index contributed by atoms with van der Waals surface area (Å²) in [6.07, 6.45) is -2.33. The minimum atomic E-state index is -4.47. The van der Waals surface area contributed by atoms with Gasteiger partial charge in [0, 0.05) is 11.6 Å². The highest BCUT2D eigenvalue weighted by Crippen LogP contribution is 2.24. The van der Waals surface area contributed by atoms with E-state index in [9.17, 15) is 18.0 Å². The van der Waals surface area contributed by atoms with Gasteiger partial charge < -0.3 is 20.9 Å². The number of benzene rings is 1. The Morgan fingerprint density at radius 1 is 1.03 bits per heavy atom. The number of carbonyl (C=O) groups excluding carboxylic acids is 1. The first kappa shape index (κ1) is 19.8. The molecule has 9 nitrogen and oxygen atoms in total. The second kappa shape index (κ2) is 7.96. The Morgan fingerprint density at radius 3 is 2.28 bits per heavy atom. The van der Waals surface area contributed by atoms with Crippen LogP contribution in [0.25, 0.3) is 11.4 Å². The normalized spacial score (nSPS) is 11.1. The molecule has 29 heavy (non-hydrogen) atoms. The van der Waals surface area contributed by atoms with Crippen LogP contribution in [0.5, 0.6) is 17.5 Å². The van der Waals surface area contributed by atoms with Crippen molar-refractivity contribution in [2.75, 3.05) is 12.3 Å². The third-order valence-corrected chi connectivity index (χ3v) is 3.32.